The fraction of sp³-hybridized carbons (Fsp3) is 0.208. The van der Waals surface area contributed by atoms with Crippen LogP contribution in [0.2, 0.25) is 0 Å². The van der Waals surface area contributed by atoms with Gasteiger partial charge in [-0.3, -0.25) is 0 Å². The van der Waals surface area contributed by atoms with Crippen LogP contribution >= 0.6 is 0 Å². The summed E-state index contributed by atoms with van der Waals surface area (Å²) in [6.45, 7) is -3.04. The standard InChI is InChI=1S/C24H19F3N2O4S/c1-34(31,32)14-8-6-13(7-9-14)15-10-11-17-22(21(15)25)29-18(12-19(30)23(29)28-17)16-4-2-3-5-20(16)33-24(26)27/h2-11,18-19,24,30H,12H2,1H3/t18-,19-/m1/s1. The summed E-state index contributed by atoms with van der Waals surface area (Å²) < 4.78 is 71.5. The van der Waals surface area contributed by atoms with E-state index in [-0.39, 0.29) is 34.0 Å². The Labute approximate surface area is 193 Å². The molecule has 0 spiro atoms. The molecule has 1 aliphatic heterocycles. The van der Waals surface area contributed by atoms with Gasteiger partial charge in [0, 0.05) is 23.8 Å². The molecule has 0 saturated heterocycles. The van der Waals surface area contributed by atoms with Crippen molar-refractivity contribution in [3.8, 4) is 16.9 Å². The normalized spacial score (nSPS) is 17.9. The number of imidazole rings is 1. The summed E-state index contributed by atoms with van der Waals surface area (Å²) in [7, 11) is -3.40. The van der Waals surface area contributed by atoms with Crippen LogP contribution in [0.5, 0.6) is 5.75 Å². The molecule has 0 radical (unpaired) electrons. The zero-order valence-electron chi connectivity index (χ0n) is 17.8. The fourth-order valence-electron chi connectivity index (χ4n) is 4.47. The van der Waals surface area contributed by atoms with Crippen molar-refractivity contribution in [2.75, 3.05) is 6.26 Å². The van der Waals surface area contributed by atoms with Gasteiger partial charge in [0.05, 0.1) is 16.5 Å². The third-order valence-electron chi connectivity index (χ3n) is 5.96. The highest BCUT2D eigenvalue weighted by Gasteiger charge is 2.37. The maximum absolute atomic E-state index is 15.9. The van der Waals surface area contributed by atoms with Gasteiger partial charge in [-0.25, -0.2) is 17.8 Å². The number of rotatable bonds is 5. The Balaban J connectivity index is 1.67. The second-order valence-electron chi connectivity index (χ2n) is 8.12. The maximum Gasteiger partial charge on any atom is 0.387 e. The van der Waals surface area contributed by atoms with Gasteiger partial charge in [0.15, 0.2) is 15.7 Å². The number of sulfone groups is 1. The van der Waals surface area contributed by atoms with Crippen LogP contribution in [0.25, 0.3) is 22.2 Å². The van der Waals surface area contributed by atoms with Gasteiger partial charge in [0.1, 0.15) is 23.2 Å². The molecule has 0 unspecified atom stereocenters. The first-order chi connectivity index (χ1) is 16.1. The van der Waals surface area contributed by atoms with Crippen molar-refractivity contribution >= 4 is 20.9 Å². The molecule has 10 heteroatoms. The number of fused-ring (bicyclic) bond motifs is 3. The number of aliphatic hydroxyl groups excluding tert-OH is 1. The zero-order chi connectivity index (χ0) is 24.2. The molecule has 2 atom stereocenters. The summed E-state index contributed by atoms with van der Waals surface area (Å²) in [5, 5.41) is 10.6. The van der Waals surface area contributed by atoms with Crippen LogP contribution < -0.4 is 4.74 Å². The van der Waals surface area contributed by atoms with Gasteiger partial charge in [0.25, 0.3) is 0 Å². The van der Waals surface area contributed by atoms with Crippen molar-refractivity contribution in [1.82, 2.24) is 9.55 Å². The molecule has 0 fully saturated rings. The number of benzene rings is 3. The number of hydrogen-bond donors (Lipinski definition) is 1. The van der Waals surface area contributed by atoms with Gasteiger partial charge in [-0.1, -0.05) is 30.3 Å². The number of hydrogen-bond acceptors (Lipinski definition) is 5. The Kier molecular flexibility index (Phi) is 5.37. The molecule has 0 amide bonds. The van der Waals surface area contributed by atoms with Crippen LogP contribution in [0, 0.1) is 5.82 Å². The smallest absolute Gasteiger partial charge is 0.387 e. The first-order valence-corrected chi connectivity index (χ1v) is 12.3. The number of para-hydroxylation sites is 1. The van der Waals surface area contributed by atoms with E-state index in [0.717, 1.165) is 6.26 Å². The minimum atomic E-state index is -3.40. The molecule has 5 rings (SSSR count). The van der Waals surface area contributed by atoms with Gasteiger partial charge in [-0.05, 0) is 35.9 Å². The van der Waals surface area contributed by atoms with Crippen LogP contribution in [0.15, 0.2) is 65.6 Å². The summed E-state index contributed by atoms with van der Waals surface area (Å²) in [5.74, 6) is -0.442. The molecule has 1 N–H and O–H groups in total. The average molecular weight is 488 g/mol. The summed E-state index contributed by atoms with van der Waals surface area (Å²) >= 11 is 0. The molecule has 34 heavy (non-hydrogen) atoms. The van der Waals surface area contributed by atoms with Crippen LogP contribution in [0.3, 0.4) is 0 Å². The predicted molar refractivity (Wildman–Crippen MR) is 119 cm³/mol. The van der Waals surface area contributed by atoms with Crippen LogP contribution in [-0.4, -0.2) is 35.9 Å². The van der Waals surface area contributed by atoms with E-state index in [9.17, 15) is 22.3 Å². The Morgan fingerprint density at radius 2 is 1.79 bits per heavy atom. The maximum atomic E-state index is 15.9. The predicted octanol–water partition coefficient (Wildman–Crippen LogP) is 4.87. The quantitative estimate of drug-likeness (QED) is 0.433. The Hall–Kier alpha value is -3.37. The van der Waals surface area contributed by atoms with E-state index in [1.165, 1.54) is 41.0 Å². The minimum Gasteiger partial charge on any atom is -0.434 e. The third-order valence-corrected chi connectivity index (χ3v) is 7.09. The first kappa shape index (κ1) is 22.4. The molecule has 176 valence electrons. The number of aromatic nitrogens is 2. The number of nitrogens with zero attached hydrogens (tertiary/aromatic N) is 2. The van der Waals surface area contributed by atoms with E-state index in [1.807, 2.05) is 0 Å². The number of halogens is 3. The molecule has 1 aliphatic rings. The van der Waals surface area contributed by atoms with Crippen LogP contribution in [0.1, 0.15) is 30.0 Å². The van der Waals surface area contributed by atoms with E-state index >= 15 is 4.39 Å². The van der Waals surface area contributed by atoms with Crippen molar-refractivity contribution in [1.29, 1.82) is 0 Å². The van der Waals surface area contributed by atoms with E-state index in [4.69, 9.17) is 0 Å². The van der Waals surface area contributed by atoms with Gasteiger partial charge >= 0.3 is 6.61 Å². The summed E-state index contributed by atoms with van der Waals surface area (Å²) in [6.07, 6.45) is 0.189. The molecule has 0 aliphatic carbocycles. The number of aliphatic hydroxyl groups is 1. The lowest BCUT2D eigenvalue weighted by atomic mass is 10.0. The largest absolute Gasteiger partial charge is 0.434 e. The monoisotopic (exact) mass is 488 g/mol. The second-order valence-corrected chi connectivity index (χ2v) is 10.1. The van der Waals surface area contributed by atoms with Crippen molar-refractivity contribution in [2.24, 2.45) is 0 Å². The molecule has 6 nitrogen and oxygen atoms in total. The molecular formula is C24H19F3N2O4S. The van der Waals surface area contributed by atoms with Crippen molar-refractivity contribution in [2.45, 2.75) is 30.1 Å². The van der Waals surface area contributed by atoms with E-state index in [0.29, 0.717) is 16.6 Å². The number of alkyl halides is 2. The van der Waals surface area contributed by atoms with Gasteiger partial charge in [-0.2, -0.15) is 8.78 Å². The summed E-state index contributed by atoms with van der Waals surface area (Å²) in [4.78, 5) is 4.50. The topological polar surface area (TPSA) is 81.4 Å². The van der Waals surface area contributed by atoms with Crippen molar-refractivity contribution < 1.29 is 31.4 Å². The molecule has 4 aromatic rings. The SMILES string of the molecule is CS(=O)(=O)c1ccc(-c2ccc3nc4n(c3c2F)[C@@H](c2ccccc2OC(F)F)C[C@H]4O)cc1. The van der Waals surface area contributed by atoms with Crippen molar-refractivity contribution in [3.05, 3.63) is 77.9 Å². The molecule has 1 aromatic heterocycles. The third kappa shape index (κ3) is 3.72. The average Bonchev–Trinajstić information content (AvgIpc) is 3.31. The second kappa shape index (κ2) is 8.14. The van der Waals surface area contributed by atoms with Gasteiger partial charge in [-0.15, -0.1) is 0 Å². The van der Waals surface area contributed by atoms with Gasteiger partial charge in [0.2, 0.25) is 0 Å². The molecule has 0 bridgehead atoms. The fourth-order valence-corrected chi connectivity index (χ4v) is 5.10. The lowest BCUT2D eigenvalue weighted by molar-refractivity contribution is -0.0507. The molecule has 0 saturated carbocycles. The lowest BCUT2D eigenvalue weighted by Crippen LogP contribution is -2.11. The highest BCUT2D eigenvalue weighted by Crippen LogP contribution is 2.45. The van der Waals surface area contributed by atoms with Crippen LogP contribution in [-0.2, 0) is 9.84 Å². The Morgan fingerprint density at radius 3 is 2.47 bits per heavy atom. The highest BCUT2D eigenvalue weighted by atomic mass is 32.2. The first-order valence-electron chi connectivity index (χ1n) is 10.4. The Bertz CT molecular complexity index is 1500. The molecular weight excluding hydrogens is 469 g/mol. The number of ether oxygens (including phenoxy) is 1. The van der Waals surface area contributed by atoms with E-state index < -0.39 is 34.4 Å². The molecule has 3 aromatic carbocycles. The summed E-state index contributed by atoms with van der Waals surface area (Å²) in [6, 6.07) is 14.5. The van der Waals surface area contributed by atoms with Crippen LogP contribution in [0.4, 0.5) is 13.2 Å². The van der Waals surface area contributed by atoms with E-state index in [2.05, 4.69) is 9.72 Å². The van der Waals surface area contributed by atoms with Gasteiger partial charge < -0.3 is 14.4 Å². The minimum absolute atomic E-state index is 0.0580. The lowest BCUT2D eigenvalue weighted by Gasteiger charge is -2.19. The molecule has 2 heterocycles. The summed E-state index contributed by atoms with van der Waals surface area (Å²) in [5.41, 5.74) is 1.47. The zero-order valence-corrected chi connectivity index (χ0v) is 18.6. The van der Waals surface area contributed by atoms with E-state index in [1.54, 1.807) is 24.3 Å². The van der Waals surface area contributed by atoms with Crippen molar-refractivity contribution in [3.63, 3.8) is 0 Å². The Morgan fingerprint density at radius 1 is 1.09 bits per heavy atom. The highest BCUT2D eigenvalue weighted by molar-refractivity contribution is 7.90.